The second-order valence-corrected chi connectivity index (χ2v) is 8.35. The molecule has 2 aromatic rings. The van der Waals surface area contributed by atoms with Gasteiger partial charge in [0, 0.05) is 37.5 Å². The number of Topliss-reactive ketones (excluding diaryl/α,β-unsaturated/α-hetero) is 1. The van der Waals surface area contributed by atoms with Crippen molar-refractivity contribution < 1.29 is 28.2 Å². The minimum absolute atomic E-state index is 0.0370. The van der Waals surface area contributed by atoms with Crippen LogP contribution >= 0.6 is 0 Å². The monoisotopic (exact) mass is 442 g/mol. The van der Waals surface area contributed by atoms with Gasteiger partial charge in [0.2, 0.25) is 0 Å². The number of hydrogen-bond donors (Lipinski definition) is 1. The third-order valence-corrected chi connectivity index (χ3v) is 5.86. The van der Waals surface area contributed by atoms with Crippen molar-refractivity contribution in [1.29, 1.82) is 0 Å². The maximum atomic E-state index is 13.9. The predicted octanol–water partition coefficient (Wildman–Crippen LogP) is 3.13. The maximum absolute atomic E-state index is 13.9. The van der Waals surface area contributed by atoms with Gasteiger partial charge in [-0.25, -0.2) is 4.39 Å². The lowest BCUT2D eigenvalue weighted by Crippen LogP contribution is -2.45. The Morgan fingerprint density at radius 2 is 2.03 bits per heavy atom. The summed E-state index contributed by atoms with van der Waals surface area (Å²) in [5, 5.41) is 2.61. The average Bonchev–Trinajstić information content (AvgIpc) is 2.79. The van der Waals surface area contributed by atoms with Crippen molar-refractivity contribution in [2.24, 2.45) is 0 Å². The highest BCUT2D eigenvalue weighted by atomic mass is 19.1. The van der Waals surface area contributed by atoms with Crippen LogP contribution in [0.2, 0.25) is 0 Å². The van der Waals surface area contributed by atoms with Crippen LogP contribution in [0, 0.1) is 12.7 Å². The summed E-state index contributed by atoms with van der Waals surface area (Å²) >= 11 is 0. The molecule has 0 bridgehead atoms. The Morgan fingerprint density at radius 1 is 1.28 bits per heavy atom. The molecule has 0 radical (unpaired) electrons. The molecule has 8 heteroatoms. The standard InChI is InChI=1S/C24H27FN2O5/c1-15-18(25)5-4-6-20(15)31-14-24(2)13-19(28)22-17(23(29)26-3)11-16(12-21(22)32-24)27-7-9-30-10-8-27/h4-6,11-12H,7-10,13-14H2,1-3H3,(H,26,29). The number of nitrogens with zero attached hydrogens (tertiary/aromatic N) is 1. The number of nitrogens with one attached hydrogen (secondary N) is 1. The van der Waals surface area contributed by atoms with Crippen molar-refractivity contribution in [3.05, 3.63) is 52.8 Å². The number of carbonyl (C=O) groups is 2. The van der Waals surface area contributed by atoms with E-state index in [9.17, 15) is 14.0 Å². The third-order valence-electron chi connectivity index (χ3n) is 5.86. The minimum atomic E-state index is -0.966. The van der Waals surface area contributed by atoms with E-state index in [1.54, 1.807) is 38.1 Å². The molecule has 1 fully saturated rings. The number of ketones is 1. The first-order valence-electron chi connectivity index (χ1n) is 10.6. The van der Waals surface area contributed by atoms with Crippen LogP contribution in [0.1, 0.15) is 39.6 Å². The van der Waals surface area contributed by atoms with E-state index >= 15 is 0 Å². The number of rotatable bonds is 5. The molecule has 1 N–H and O–H groups in total. The van der Waals surface area contributed by atoms with Crippen LogP contribution in [0.25, 0.3) is 0 Å². The quantitative estimate of drug-likeness (QED) is 0.767. The SMILES string of the molecule is CNC(=O)c1cc(N2CCOCC2)cc2c1C(=O)CC(C)(COc1cccc(F)c1C)O2. The molecular weight excluding hydrogens is 415 g/mol. The molecule has 2 aliphatic heterocycles. The molecule has 7 nitrogen and oxygen atoms in total. The lowest BCUT2D eigenvalue weighted by atomic mass is 9.88. The number of carbonyl (C=O) groups excluding carboxylic acids is 2. The summed E-state index contributed by atoms with van der Waals surface area (Å²) in [5.74, 6) is -0.139. The molecule has 4 rings (SSSR count). The number of anilines is 1. The smallest absolute Gasteiger partial charge is 0.251 e. The van der Waals surface area contributed by atoms with Gasteiger partial charge in [0.25, 0.3) is 5.91 Å². The summed E-state index contributed by atoms with van der Waals surface area (Å²) in [6.45, 7) is 6.01. The van der Waals surface area contributed by atoms with Crippen molar-refractivity contribution >= 4 is 17.4 Å². The zero-order valence-corrected chi connectivity index (χ0v) is 18.5. The van der Waals surface area contributed by atoms with Crippen LogP contribution in [0.5, 0.6) is 11.5 Å². The zero-order valence-electron chi connectivity index (χ0n) is 18.5. The number of halogens is 1. The summed E-state index contributed by atoms with van der Waals surface area (Å²) < 4.78 is 31.4. The van der Waals surface area contributed by atoms with E-state index in [1.165, 1.54) is 13.1 Å². The fourth-order valence-electron chi connectivity index (χ4n) is 4.07. The van der Waals surface area contributed by atoms with Gasteiger partial charge in [0.05, 0.1) is 30.8 Å². The number of ether oxygens (including phenoxy) is 3. The lowest BCUT2D eigenvalue weighted by molar-refractivity contribution is 0.0185. The number of benzene rings is 2. The molecule has 1 atom stereocenters. The minimum Gasteiger partial charge on any atom is -0.489 e. The summed E-state index contributed by atoms with van der Waals surface area (Å²) in [5.41, 5.74) is 0.799. The molecular formula is C24H27FN2O5. The van der Waals surface area contributed by atoms with Gasteiger partial charge in [-0.1, -0.05) is 6.07 Å². The van der Waals surface area contributed by atoms with Crippen LogP contribution in [-0.4, -0.2) is 57.2 Å². The average molecular weight is 442 g/mol. The Bertz CT molecular complexity index is 1050. The van der Waals surface area contributed by atoms with Crippen LogP contribution < -0.4 is 19.7 Å². The molecule has 0 aliphatic carbocycles. The number of amides is 1. The molecule has 2 aliphatic rings. The highest BCUT2D eigenvalue weighted by Gasteiger charge is 2.40. The highest BCUT2D eigenvalue weighted by Crippen LogP contribution is 2.39. The van der Waals surface area contributed by atoms with Gasteiger partial charge in [-0.3, -0.25) is 9.59 Å². The third kappa shape index (κ3) is 4.27. The van der Waals surface area contributed by atoms with Crippen LogP contribution in [-0.2, 0) is 4.74 Å². The molecule has 0 spiro atoms. The lowest BCUT2D eigenvalue weighted by Gasteiger charge is -2.37. The van der Waals surface area contributed by atoms with Gasteiger partial charge in [-0.05, 0) is 32.0 Å². The second kappa shape index (κ2) is 8.78. The molecule has 1 saturated heterocycles. The molecule has 170 valence electrons. The molecule has 0 aromatic heterocycles. The first kappa shape index (κ1) is 22.1. The molecule has 1 amide bonds. The molecule has 32 heavy (non-hydrogen) atoms. The van der Waals surface area contributed by atoms with Gasteiger partial charge in [0.15, 0.2) is 5.78 Å². The van der Waals surface area contributed by atoms with Gasteiger partial charge in [-0.2, -0.15) is 0 Å². The van der Waals surface area contributed by atoms with Crippen LogP contribution in [0.3, 0.4) is 0 Å². The second-order valence-electron chi connectivity index (χ2n) is 8.35. The molecule has 2 aromatic carbocycles. The highest BCUT2D eigenvalue weighted by molar-refractivity contribution is 6.11. The molecule has 2 heterocycles. The Balaban J connectivity index is 1.66. The topological polar surface area (TPSA) is 77.1 Å². The Hall–Kier alpha value is -3.13. The summed E-state index contributed by atoms with van der Waals surface area (Å²) in [6, 6.07) is 8.16. The van der Waals surface area contributed by atoms with Crippen LogP contribution in [0.15, 0.2) is 30.3 Å². The van der Waals surface area contributed by atoms with E-state index in [2.05, 4.69) is 10.2 Å². The first-order valence-corrected chi connectivity index (χ1v) is 10.6. The number of morpholine rings is 1. The van der Waals surface area contributed by atoms with Crippen molar-refractivity contribution in [3.8, 4) is 11.5 Å². The largest absolute Gasteiger partial charge is 0.489 e. The summed E-state index contributed by atoms with van der Waals surface area (Å²) in [6.07, 6.45) is 0.0370. The summed E-state index contributed by atoms with van der Waals surface area (Å²) in [7, 11) is 1.53. The maximum Gasteiger partial charge on any atom is 0.251 e. The fraction of sp³-hybridized carbons (Fsp3) is 0.417. The van der Waals surface area contributed by atoms with E-state index in [0.29, 0.717) is 48.9 Å². The van der Waals surface area contributed by atoms with Gasteiger partial charge < -0.3 is 24.4 Å². The van der Waals surface area contributed by atoms with Crippen molar-refractivity contribution in [3.63, 3.8) is 0 Å². The Morgan fingerprint density at radius 3 is 2.75 bits per heavy atom. The van der Waals surface area contributed by atoms with E-state index in [4.69, 9.17) is 14.2 Å². The molecule has 1 unspecified atom stereocenters. The van der Waals surface area contributed by atoms with E-state index in [0.717, 1.165) is 5.69 Å². The predicted molar refractivity (Wildman–Crippen MR) is 117 cm³/mol. The van der Waals surface area contributed by atoms with E-state index < -0.39 is 5.60 Å². The van der Waals surface area contributed by atoms with Crippen molar-refractivity contribution in [2.75, 3.05) is 44.9 Å². The van der Waals surface area contributed by atoms with Crippen molar-refractivity contribution in [1.82, 2.24) is 5.32 Å². The Labute approximate surface area is 186 Å². The molecule has 0 saturated carbocycles. The van der Waals surface area contributed by atoms with E-state index in [-0.39, 0.29) is 36.1 Å². The zero-order chi connectivity index (χ0) is 22.9. The van der Waals surface area contributed by atoms with E-state index in [1.807, 2.05) is 0 Å². The normalized spacial score (nSPS) is 20.4. The summed E-state index contributed by atoms with van der Waals surface area (Å²) in [4.78, 5) is 27.8. The van der Waals surface area contributed by atoms with Crippen LogP contribution in [0.4, 0.5) is 10.1 Å². The van der Waals surface area contributed by atoms with Gasteiger partial charge in [-0.15, -0.1) is 0 Å². The fourth-order valence-corrected chi connectivity index (χ4v) is 4.07. The number of hydrogen-bond acceptors (Lipinski definition) is 6. The van der Waals surface area contributed by atoms with Gasteiger partial charge >= 0.3 is 0 Å². The Kier molecular flexibility index (Phi) is 6.06. The van der Waals surface area contributed by atoms with Gasteiger partial charge in [0.1, 0.15) is 29.5 Å². The van der Waals surface area contributed by atoms with Crippen molar-refractivity contribution in [2.45, 2.75) is 25.9 Å². The first-order chi connectivity index (χ1) is 15.3. The number of fused-ring (bicyclic) bond motifs is 1.